The molecule has 4 nitrogen and oxygen atoms in total. The van der Waals surface area contributed by atoms with E-state index in [0.29, 0.717) is 17.4 Å². The normalized spacial score (nSPS) is 28.9. The molecule has 1 unspecified atom stereocenters. The second-order valence-electron chi connectivity index (χ2n) is 5.43. The average molecular weight is 258 g/mol. The van der Waals surface area contributed by atoms with Crippen molar-refractivity contribution in [3.8, 4) is 5.75 Å². The van der Waals surface area contributed by atoms with Crippen molar-refractivity contribution < 1.29 is 9.90 Å². The lowest BCUT2D eigenvalue weighted by Gasteiger charge is -2.04. The first-order valence-corrected chi connectivity index (χ1v) is 6.88. The van der Waals surface area contributed by atoms with E-state index in [1.165, 1.54) is 31.9 Å². The van der Waals surface area contributed by atoms with Crippen LogP contribution < -0.4 is 5.43 Å². The third-order valence-electron chi connectivity index (χ3n) is 4.27. The number of fused-ring (bicyclic) bond motifs is 1. The fraction of sp³-hybridized carbons (Fsp3) is 0.467. The second-order valence-corrected chi connectivity index (χ2v) is 5.43. The highest BCUT2D eigenvalue weighted by Gasteiger charge is 2.54. The molecular formula is C15H18N2O2. The maximum atomic E-state index is 12.0. The average Bonchev–Trinajstić information content (AvgIpc) is 3.15. The minimum Gasteiger partial charge on any atom is -0.507 e. The lowest BCUT2D eigenvalue weighted by molar-refractivity contribution is -0.122. The number of amides is 1. The zero-order valence-corrected chi connectivity index (χ0v) is 10.7. The van der Waals surface area contributed by atoms with Gasteiger partial charge in [0.15, 0.2) is 0 Å². The Hall–Kier alpha value is -1.84. The first-order valence-electron chi connectivity index (χ1n) is 6.88. The second kappa shape index (κ2) is 5.03. The summed E-state index contributed by atoms with van der Waals surface area (Å²) < 4.78 is 0. The number of carbonyl (C=O) groups is 1. The number of nitrogens with zero attached hydrogens (tertiary/aromatic N) is 1. The van der Waals surface area contributed by atoms with E-state index in [4.69, 9.17) is 0 Å². The van der Waals surface area contributed by atoms with Crippen LogP contribution in [0.3, 0.4) is 0 Å². The molecule has 1 aromatic carbocycles. The highest BCUT2D eigenvalue weighted by atomic mass is 16.3. The molecule has 0 saturated heterocycles. The lowest BCUT2D eigenvalue weighted by Crippen LogP contribution is -2.20. The standard InChI is InChI=1S/C15H18N2O2/c18-13-8-4-1-5-10(13)9-16-17-15(19)14-11-6-2-3-7-12(11)14/h1,4-5,8-9,11-12,14,18H,2-3,6-7H2,(H,17,19)/b16-9+/t11-,12+,14?. The van der Waals surface area contributed by atoms with Gasteiger partial charge < -0.3 is 5.11 Å². The van der Waals surface area contributed by atoms with Gasteiger partial charge in [-0.05, 0) is 36.8 Å². The highest BCUT2D eigenvalue weighted by Crippen LogP contribution is 2.55. The molecule has 0 bridgehead atoms. The molecule has 1 aromatic rings. The molecular weight excluding hydrogens is 240 g/mol. The summed E-state index contributed by atoms with van der Waals surface area (Å²) >= 11 is 0. The summed E-state index contributed by atoms with van der Waals surface area (Å²) in [5, 5.41) is 13.5. The molecule has 2 fully saturated rings. The van der Waals surface area contributed by atoms with Crippen LogP contribution in [0.5, 0.6) is 5.75 Å². The predicted octanol–water partition coefficient (Wildman–Crippen LogP) is 2.28. The van der Waals surface area contributed by atoms with Crippen molar-refractivity contribution in [2.45, 2.75) is 25.7 Å². The Kier molecular flexibility index (Phi) is 3.23. The summed E-state index contributed by atoms with van der Waals surface area (Å²) in [6, 6.07) is 6.92. The molecule has 3 rings (SSSR count). The smallest absolute Gasteiger partial charge is 0.243 e. The van der Waals surface area contributed by atoms with Crippen LogP contribution in [0.4, 0.5) is 0 Å². The van der Waals surface area contributed by atoms with Crippen LogP contribution in [-0.4, -0.2) is 17.2 Å². The summed E-state index contributed by atoms with van der Waals surface area (Å²) in [4.78, 5) is 12.0. The number of carbonyl (C=O) groups excluding carboxylic acids is 1. The minimum atomic E-state index is 0.0311. The first-order chi connectivity index (χ1) is 9.27. The maximum Gasteiger partial charge on any atom is 0.243 e. The Labute approximate surface area is 112 Å². The molecule has 0 aromatic heterocycles. The number of phenolic OH excluding ortho intramolecular Hbond substituents is 1. The van der Waals surface area contributed by atoms with E-state index in [0.717, 1.165) is 0 Å². The molecule has 1 amide bonds. The van der Waals surface area contributed by atoms with E-state index >= 15 is 0 Å². The van der Waals surface area contributed by atoms with Crippen LogP contribution in [0.25, 0.3) is 0 Å². The van der Waals surface area contributed by atoms with Gasteiger partial charge in [-0.2, -0.15) is 5.10 Å². The number of rotatable bonds is 3. The number of hydrogen-bond acceptors (Lipinski definition) is 3. The molecule has 0 spiro atoms. The third-order valence-corrected chi connectivity index (χ3v) is 4.27. The fourth-order valence-electron chi connectivity index (χ4n) is 3.22. The van der Waals surface area contributed by atoms with Crippen molar-refractivity contribution in [1.82, 2.24) is 5.43 Å². The van der Waals surface area contributed by atoms with Crippen molar-refractivity contribution in [3.05, 3.63) is 29.8 Å². The Morgan fingerprint density at radius 1 is 1.26 bits per heavy atom. The molecule has 2 saturated carbocycles. The predicted molar refractivity (Wildman–Crippen MR) is 72.8 cm³/mol. The number of aromatic hydroxyl groups is 1. The summed E-state index contributed by atoms with van der Waals surface area (Å²) in [6.07, 6.45) is 6.37. The summed E-state index contributed by atoms with van der Waals surface area (Å²) in [5.74, 6) is 1.55. The van der Waals surface area contributed by atoms with Crippen LogP contribution in [0.2, 0.25) is 0 Å². The van der Waals surface area contributed by atoms with Gasteiger partial charge in [0, 0.05) is 11.5 Å². The molecule has 4 heteroatoms. The SMILES string of the molecule is O=C(N/N=C/c1ccccc1O)C1[C@H]2CCCC[C@@H]12. The number of nitrogens with one attached hydrogen (secondary N) is 1. The lowest BCUT2D eigenvalue weighted by atomic mass is 10.0. The Bertz CT molecular complexity index is 501. The molecule has 0 heterocycles. The number of benzene rings is 1. The molecule has 0 aliphatic heterocycles. The Morgan fingerprint density at radius 2 is 1.95 bits per heavy atom. The van der Waals surface area contributed by atoms with Gasteiger partial charge in [0.2, 0.25) is 5.91 Å². The molecule has 2 aliphatic rings. The molecule has 3 atom stereocenters. The minimum absolute atomic E-state index is 0.0311. The fourth-order valence-corrected chi connectivity index (χ4v) is 3.22. The van der Waals surface area contributed by atoms with Gasteiger partial charge in [-0.3, -0.25) is 4.79 Å². The zero-order chi connectivity index (χ0) is 13.2. The van der Waals surface area contributed by atoms with E-state index in [1.54, 1.807) is 18.2 Å². The number of phenols is 1. The zero-order valence-electron chi connectivity index (χ0n) is 10.7. The monoisotopic (exact) mass is 258 g/mol. The Morgan fingerprint density at radius 3 is 2.63 bits per heavy atom. The van der Waals surface area contributed by atoms with Crippen LogP contribution in [0.1, 0.15) is 31.2 Å². The van der Waals surface area contributed by atoms with Gasteiger partial charge in [-0.1, -0.05) is 25.0 Å². The Balaban J connectivity index is 1.55. The van der Waals surface area contributed by atoms with E-state index in [2.05, 4.69) is 10.5 Å². The van der Waals surface area contributed by atoms with Crippen molar-refractivity contribution in [1.29, 1.82) is 0 Å². The molecule has 0 radical (unpaired) electrons. The van der Waals surface area contributed by atoms with Crippen molar-refractivity contribution in [2.75, 3.05) is 0 Å². The summed E-state index contributed by atoms with van der Waals surface area (Å²) in [5.41, 5.74) is 3.20. The van der Waals surface area contributed by atoms with Crippen LogP contribution in [0.15, 0.2) is 29.4 Å². The van der Waals surface area contributed by atoms with E-state index < -0.39 is 0 Å². The van der Waals surface area contributed by atoms with Crippen LogP contribution in [0, 0.1) is 17.8 Å². The van der Waals surface area contributed by atoms with Crippen molar-refractivity contribution >= 4 is 12.1 Å². The van der Waals surface area contributed by atoms with Gasteiger partial charge in [0.05, 0.1) is 6.21 Å². The van der Waals surface area contributed by atoms with Gasteiger partial charge in [-0.15, -0.1) is 0 Å². The highest BCUT2D eigenvalue weighted by molar-refractivity contribution is 5.86. The summed E-state index contributed by atoms with van der Waals surface area (Å²) in [7, 11) is 0. The topological polar surface area (TPSA) is 61.7 Å². The van der Waals surface area contributed by atoms with Crippen LogP contribution >= 0.6 is 0 Å². The van der Waals surface area contributed by atoms with Gasteiger partial charge >= 0.3 is 0 Å². The number of hydrazone groups is 1. The third kappa shape index (κ3) is 2.48. The maximum absolute atomic E-state index is 12.0. The quantitative estimate of drug-likeness (QED) is 0.645. The molecule has 100 valence electrons. The van der Waals surface area contributed by atoms with E-state index in [9.17, 15) is 9.90 Å². The largest absolute Gasteiger partial charge is 0.507 e. The van der Waals surface area contributed by atoms with Crippen molar-refractivity contribution in [2.24, 2.45) is 22.9 Å². The molecule has 2 aliphatic carbocycles. The first kappa shape index (κ1) is 12.2. The van der Waals surface area contributed by atoms with Crippen molar-refractivity contribution in [3.63, 3.8) is 0 Å². The van der Waals surface area contributed by atoms with E-state index in [-0.39, 0.29) is 17.6 Å². The van der Waals surface area contributed by atoms with Gasteiger partial charge in [0.1, 0.15) is 5.75 Å². The molecule has 2 N–H and O–H groups in total. The van der Waals surface area contributed by atoms with Crippen LogP contribution in [-0.2, 0) is 4.79 Å². The number of hydrogen-bond donors (Lipinski definition) is 2. The molecule has 19 heavy (non-hydrogen) atoms. The number of para-hydroxylation sites is 1. The van der Waals surface area contributed by atoms with Gasteiger partial charge in [-0.25, -0.2) is 5.43 Å². The van der Waals surface area contributed by atoms with E-state index in [1.807, 2.05) is 6.07 Å². The summed E-state index contributed by atoms with van der Waals surface area (Å²) in [6.45, 7) is 0. The van der Waals surface area contributed by atoms with Gasteiger partial charge in [0.25, 0.3) is 0 Å².